The average Bonchev–Trinajstić information content (AvgIpc) is 3.04. The lowest BCUT2D eigenvalue weighted by Gasteiger charge is -2.11. The zero-order valence-electron chi connectivity index (χ0n) is 11.2. The van der Waals surface area contributed by atoms with Crippen molar-refractivity contribution < 1.29 is 9.84 Å². The summed E-state index contributed by atoms with van der Waals surface area (Å²) in [5.74, 6) is 1.04. The Labute approximate surface area is 113 Å². The molecule has 2 heterocycles. The number of aliphatic hydroxyl groups is 1. The molecule has 1 aliphatic rings. The van der Waals surface area contributed by atoms with Crippen LogP contribution in [0.4, 0.5) is 0 Å². The van der Waals surface area contributed by atoms with Crippen LogP contribution in [0.5, 0.6) is 5.75 Å². The van der Waals surface area contributed by atoms with Crippen molar-refractivity contribution in [3.05, 3.63) is 53.3 Å². The Morgan fingerprint density at radius 1 is 1.37 bits per heavy atom. The molecule has 0 saturated heterocycles. The van der Waals surface area contributed by atoms with Crippen molar-refractivity contribution in [2.45, 2.75) is 32.4 Å². The first-order valence-electron chi connectivity index (χ1n) is 6.82. The van der Waals surface area contributed by atoms with E-state index < -0.39 is 6.10 Å². The van der Waals surface area contributed by atoms with E-state index in [-0.39, 0.29) is 0 Å². The number of rotatable bonds is 4. The zero-order chi connectivity index (χ0) is 13.2. The van der Waals surface area contributed by atoms with E-state index >= 15 is 0 Å². The Morgan fingerprint density at radius 3 is 3.11 bits per heavy atom. The van der Waals surface area contributed by atoms with Crippen LogP contribution in [0.1, 0.15) is 29.8 Å². The number of aromatic nitrogens is 1. The van der Waals surface area contributed by atoms with Crippen molar-refractivity contribution in [3.63, 3.8) is 0 Å². The number of benzene rings is 1. The van der Waals surface area contributed by atoms with Crippen LogP contribution in [0.15, 0.2) is 36.5 Å². The van der Waals surface area contributed by atoms with E-state index in [1.165, 1.54) is 11.1 Å². The van der Waals surface area contributed by atoms with Crippen LogP contribution in [0.2, 0.25) is 0 Å². The third-order valence-electron chi connectivity index (χ3n) is 3.69. The normalized spacial score (nSPS) is 15.1. The van der Waals surface area contributed by atoms with Gasteiger partial charge in [-0.3, -0.25) is 0 Å². The van der Waals surface area contributed by atoms with E-state index in [0.29, 0.717) is 0 Å². The number of hydrogen-bond acceptors (Lipinski definition) is 2. The summed E-state index contributed by atoms with van der Waals surface area (Å²) in [5.41, 5.74) is 3.62. The minimum atomic E-state index is -0.413. The third-order valence-corrected chi connectivity index (χ3v) is 3.69. The summed E-state index contributed by atoms with van der Waals surface area (Å²) in [4.78, 5) is 0. The molecule has 1 aromatic heterocycles. The Hall–Kier alpha value is -1.74. The van der Waals surface area contributed by atoms with Gasteiger partial charge in [0.15, 0.2) is 0 Å². The summed E-state index contributed by atoms with van der Waals surface area (Å²) in [6.07, 6.45) is 3.61. The maximum atomic E-state index is 9.68. The highest BCUT2D eigenvalue weighted by molar-refractivity contribution is 5.39. The topological polar surface area (TPSA) is 34.4 Å². The van der Waals surface area contributed by atoms with E-state index in [4.69, 9.17) is 4.74 Å². The molecule has 1 aliphatic heterocycles. The molecule has 0 amide bonds. The molecule has 3 nitrogen and oxygen atoms in total. The van der Waals surface area contributed by atoms with E-state index in [1.54, 1.807) is 6.92 Å². The Morgan fingerprint density at radius 2 is 2.26 bits per heavy atom. The highest BCUT2D eigenvalue weighted by atomic mass is 16.5. The van der Waals surface area contributed by atoms with E-state index in [0.717, 1.165) is 37.4 Å². The third kappa shape index (κ3) is 2.51. The van der Waals surface area contributed by atoms with Gasteiger partial charge in [0.25, 0.3) is 0 Å². The van der Waals surface area contributed by atoms with Crippen LogP contribution in [-0.2, 0) is 19.4 Å². The first kappa shape index (κ1) is 12.3. The number of hydrogen-bond donors (Lipinski definition) is 1. The predicted octanol–water partition coefficient (Wildman–Crippen LogP) is 2.72. The van der Waals surface area contributed by atoms with E-state index in [1.807, 2.05) is 18.3 Å². The molecule has 1 atom stereocenters. The molecule has 1 aromatic carbocycles. The predicted molar refractivity (Wildman–Crippen MR) is 74.4 cm³/mol. The van der Waals surface area contributed by atoms with Crippen molar-refractivity contribution in [3.8, 4) is 5.75 Å². The first-order chi connectivity index (χ1) is 9.24. The van der Waals surface area contributed by atoms with Crippen molar-refractivity contribution >= 4 is 0 Å². The van der Waals surface area contributed by atoms with Gasteiger partial charge in [-0.05, 0) is 42.7 Å². The number of aryl methyl sites for hydroxylation is 2. The molecule has 1 unspecified atom stereocenters. The lowest BCUT2D eigenvalue weighted by atomic mass is 10.1. The van der Waals surface area contributed by atoms with Crippen molar-refractivity contribution in [2.24, 2.45) is 0 Å². The van der Waals surface area contributed by atoms with Gasteiger partial charge in [0.2, 0.25) is 0 Å². The van der Waals surface area contributed by atoms with Gasteiger partial charge in [-0.15, -0.1) is 0 Å². The van der Waals surface area contributed by atoms with Crippen molar-refractivity contribution in [1.82, 2.24) is 4.57 Å². The van der Waals surface area contributed by atoms with Gasteiger partial charge >= 0.3 is 0 Å². The smallest absolute Gasteiger partial charge is 0.122 e. The van der Waals surface area contributed by atoms with Gasteiger partial charge in [-0.2, -0.15) is 0 Å². The van der Waals surface area contributed by atoms with E-state index in [9.17, 15) is 5.11 Å². The fourth-order valence-electron chi connectivity index (χ4n) is 2.66. The Kier molecular flexibility index (Phi) is 3.30. The van der Waals surface area contributed by atoms with Gasteiger partial charge in [-0.1, -0.05) is 12.1 Å². The maximum Gasteiger partial charge on any atom is 0.122 e. The molecule has 0 bridgehead atoms. The molecule has 3 heteroatoms. The van der Waals surface area contributed by atoms with Crippen LogP contribution in [-0.4, -0.2) is 16.3 Å². The lowest BCUT2D eigenvalue weighted by molar-refractivity contribution is 0.189. The highest BCUT2D eigenvalue weighted by Crippen LogP contribution is 2.26. The summed E-state index contributed by atoms with van der Waals surface area (Å²) < 4.78 is 7.64. The SMILES string of the molecule is CC(O)c1cccn1CCc1ccc2c(c1)CCO2. The molecule has 3 rings (SSSR count). The molecule has 1 N–H and O–H groups in total. The van der Waals surface area contributed by atoms with Crippen LogP contribution >= 0.6 is 0 Å². The molecule has 0 fully saturated rings. The fourth-order valence-corrected chi connectivity index (χ4v) is 2.66. The quantitative estimate of drug-likeness (QED) is 0.914. The van der Waals surface area contributed by atoms with Gasteiger partial charge in [0, 0.05) is 24.9 Å². The Bertz CT molecular complexity index is 572. The summed E-state index contributed by atoms with van der Waals surface area (Å²) in [5, 5.41) is 9.68. The molecule has 100 valence electrons. The van der Waals surface area contributed by atoms with Crippen molar-refractivity contribution in [2.75, 3.05) is 6.61 Å². The molecule has 2 aromatic rings. The second-order valence-corrected chi connectivity index (χ2v) is 5.09. The van der Waals surface area contributed by atoms with Gasteiger partial charge in [0.1, 0.15) is 5.75 Å². The molecule has 0 aliphatic carbocycles. The van der Waals surface area contributed by atoms with Gasteiger partial charge in [0.05, 0.1) is 12.7 Å². The zero-order valence-corrected chi connectivity index (χ0v) is 11.2. The standard InChI is InChI=1S/C16H19NO2/c1-12(18)15-3-2-8-17(15)9-6-13-4-5-16-14(11-13)7-10-19-16/h2-5,8,11-12,18H,6-7,9-10H2,1H3. The summed E-state index contributed by atoms with van der Waals surface area (Å²) in [7, 11) is 0. The number of fused-ring (bicyclic) bond motifs is 1. The van der Waals surface area contributed by atoms with E-state index in [2.05, 4.69) is 22.8 Å². The molecular weight excluding hydrogens is 238 g/mol. The average molecular weight is 257 g/mol. The summed E-state index contributed by atoms with van der Waals surface area (Å²) in [6, 6.07) is 10.4. The van der Waals surface area contributed by atoms with Gasteiger partial charge < -0.3 is 14.4 Å². The van der Waals surface area contributed by atoms with Gasteiger partial charge in [-0.25, -0.2) is 0 Å². The maximum absolute atomic E-state index is 9.68. The highest BCUT2D eigenvalue weighted by Gasteiger charge is 2.12. The number of ether oxygens (including phenoxy) is 1. The molecule has 19 heavy (non-hydrogen) atoms. The summed E-state index contributed by atoms with van der Waals surface area (Å²) >= 11 is 0. The van der Waals surface area contributed by atoms with Crippen LogP contribution < -0.4 is 4.74 Å². The number of nitrogens with zero attached hydrogens (tertiary/aromatic N) is 1. The van der Waals surface area contributed by atoms with Crippen LogP contribution in [0.3, 0.4) is 0 Å². The second-order valence-electron chi connectivity index (χ2n) is 5.09. The largest absolute Gasteiger partial charge is 0.493 e. The summed E-state index contributed by atoms with van der Waals surface area (Å²) in [6.45, 7) is 3.51. The molecule has 0 spiro atoms. The first-order valence-corrected chi connectivity index (χ1v) is 6.82. The minimum Gasteiger partial charge on any atom is -0.493 e. The minimum absolute atomic E-state index is 0.413. The Balaban J connectivity index is 1.70. The fraction of sp³-hybridized carbons (Fsp3) is 0.375. The monoisotopic (exact) mass is 257 g/mol. The van der Waals surface area contributed by atoms with Crippen molar-refractivity contribution in [1.29, 1.82) is 0 Å². The molecule has 0 radical (unpaired) electrons. The van der Waals surface area contributed by atoms with Crippen LogP contribution in [0.25, 0.3) is 0 Å². The number of aliphatic hydroxyl groups excluding tert-OH is 1. The van der Waals surface area contributed by atoms with Crippen LogP contribution in [0, 0.1) is 0 Å². The molecule has 0 saturated carbocycles. The lowest BCUT2D eigenvalue weighted by Crippen LogP contribution is -2.06. The molecular formula is C16H19NO2. The second kappa shape index (κ2) is 5.10.